The van der Waals surface area contributed by atoms with Crippen LogP contribution in [0, 0.1) is 6.92 Å². The highest BCUT2D eigenvalue weighted by atomic mass is 16.2. The van der Waals surface area contributed by atoms with Crippen molar-refractivity contribution in [1.82, 2.24) is 5.32 Å². The minimum absolute atomic E-state index is 0.0735. The zero-order valence-electron chi connectivity index (χ0n) is 14.3. The molecule has 0 spiro atoms. The van der Waals surface area contributed by atoms with Crippen LogP contribution < -0.4 is 10.6 Å². The molecule has 0 radical (unpaired) electrons. The maximum Gasteiger partial charge on any atom is 0.319 e. The molecule has 2 aromatic rings. The van der Waals surface area contributed by atoms with Crippen LogP contribution in [0.1, 0.15) is 43.2 Å². The van der Waals surface area contributed by atoms with E-state index >= 15 is 0 Å². The van der Waals surface area contributed by atoms with Crippen molar-refractivity contribution in [1.29, 1.82) is 0 Å². The van der Waals surface area contributed by atoms with Crippen LogP contribution in [0.4, 0.5) is 10.5 Å². The molecule has 0 bridgehead atoms. The van der Waals surface area contributed by atoms with Crippen molar-refractivity contribution in [3.05, 3.63) is 65.7 Å². The van der Waals surface area contributed by atoms with Crippen LogP contribution in [0.3, 0.4) is 0 Å². The molecule has 3 rings (SSSR count). The van der Waals surface area contributed by atoms with Crippen LogP contribution in [0.2, 0.25) is 0 Å². The van der Waals surface area contributed by atoms with Gasteiger partial charge in [0, 0.05) is 17.6 Å². The summed E-state index contributed by atoms with van der Waals surface area (Å²) >= 11 is 0. The van der Waals surface area contributed by atoms with Crippen molar-refractivity contribution in [3.8, 4) is 0 Å². The third kappa shape index (κ3) is 3.97. The highest BCUT2D eigenvalue weighted by molar-refractivity contribution is 5.89. The second kappa shape index (κ2) is 7.52. The Balaban J connectivity index is 1.65. The van der Waals surface area contributed by atoms with Gasteiger partial charge in [-0.1, -0.05) is 67.3 Å². The number of nitrogens with one attached hydrogen (secondary N) is 2. The largest absolute Gasteiger partial charge is 0.337 e. The molecule has 0 aliphatic heterocycles. The number of hydrogen-bond donors (Lipinski definition) is 2. The van der Waals surface area contributed by atoms with E-state index in [-0.39, 0.29) is 11.4 Å². The molecule has 1 aliphatic rings. The topological polar surface area (TPSA) is 41.1 Å². The number of benzene rings is 2. The number of aryl methyl sites for hydroxylation is 1. The monoisotopic (exact) mass is 322 g/mol. The number of carbonyl (C=O) groups excluding carboxylic acids is 1. The van der Waals surface area contributed by atoms with Crippen molar-refractivity contribution in [2.45, 2.75) is 44.4 Å². The zero-order valence-corrected chi connectivity index (χ0v) is 14.3. The Morgan fingerprint density at radius 3 is 2.29 bits per heavy atom. The molecule has 126 valence electrons. The quantitative estimate of drug-likeness (QED) is 0.815. The van der Waals surface area contributed by atoms with E-state index in [2.05, 4.69) is 41.0 Å². The molecule has 0 saturated heterocycles. The smallest absolute Gasteiger partial charge is 0.319 e. The molecule has 1 saturated carbocycles. The van der Waals surface area contributed by atoms with Gasteiger partial charge in [0.1, 0.15) is 0 Å². The third-order valence-corrected chi connectivity index (χ3v) is 5.09. The molecule has 0 aromatic heterocycles. The first-order chi connectivity index (χ1) is 11.7. The number of amides is 2. The average molecular weight is 322 g/mol. The first-order valence-corrected chi connectivity index (χ1v) is 8.85. The summed E-state index contributed by atoms with van der Waals surface area (Å²) in [6.45, 7) is 2.73. The third-order valence-electron chi connectivity index (χ3n) is 5.09. The number of carbonyl (C=O) groups is 1. The van der Waals surface area contributed by atoms with Crippen molar-refractivity contribution in [2.24, 2.45) is 0 Å². The fourth-order valence-electron chi connectivity index (χ4n) is 3.65. The molecule has 0 unspecified atom stereocenters. The standard InChI is InChI=1S/C21H26N2O/c1-17-10-12-19(13-11-17)23-20(24)22-16-21(14-6-3-7-15-21)18-8-4-2-5-9-18/h2,4-5,8-13H,3,6-7,14-16H2,1H3,(H2,22,23,24). The van der Waals surface area contributed by atoms with Crippen LogP contribution in [-0.4, -0.2) is 12.6 Å². The van der Waals surface area contributed by atoms with Crippen molar-refractivity contribution in [2.75, 3.05) is 11.9 Å². The van der Waals surface area contributed by atoms with Gasteiger partial charge in [0.15, 0.2) is 0 Å². The summed E-state index contributed by atoms with van der Waals surface area (Å²) in [4.78, 5) is 12.3. The second-order valence-electron chi connectivity index (χ2n) is 6.88. The summed E-state index contributed by atoms with van der Waals surface area (Å²) in [6, 6.07) is 18.4. The van der Waals surface area contributed by atoms with E-state index in [0.29, 0.717) is 6.54 Å². The second-order valence-corrected chi connectivity index (χ2v) is 6.88. The molecule has 3 nitrogen and oxygen atoms in total. The van der Waals surface area contributed by atoms with Crippen molar-refractivity contribution in [3.63, 3.8) is 0 Å². The molecule has 24 heavy (non-hydrogen) atoms. The van der Waals surface area contributed by atoms with Gasteiger partial charge < -0.3 is 10.6 Å². The fraction of sp³-hybridized carbons (Fsp3) is 0.381. The molecule has 1 fully saturated rings. The zero-order chi connectivity index (χ0) is 16.8. The van der Waals surface area contributed by atoms with Gasteiger partial charge >= 0.3 is 6.03 Å². The maximum absolute atomic E-state index is 12.3. The predicted octanol–water partition coefficient (Wildman–Crippen LogP) is 5.02. The molecule has 2 N–H and O–H groups in total. The van der Waals surface area contributed by atoms with Crippen LogP contribution in [0.25, 0.3) is 0 Å². The van der Waals surface area contributed by atoms with E-state index in [1.165, 1.54) is 30.4 Å². The maximum atomic E-state index is 12.3. The highest BCUT2D eigenvalue weighted by Gasteiger charge is 2.34. The van der Waals surface area contributed by atoms with Crippen LogP contribution in [0.5, 0.6) is 0 Å². The predicted molar refractivity (Wildman–Crippen MR) is 99.4 cm³/mol. The summed E-state index contributed by atoms with van der Waals surface area (Å²) in [5, 5.41) is 6.03. The molecule has 0 heterocycles. The SMILES string of the molecule is Cc1ccc(NC(=O)NCC2(c3ccccc3)CCCCC2)cc1. The number of anilines is 1. The van der Waals surface area contributed by atoms with E-state index in [1.807, 2.05) is 31.2 Å². The normalized spacial score (nSPS) is 16.4. The van der Waals surface area contributed by atoms with E-state index in [1.54, 1.807) is 0 Å². The Labute approximate surface area is 144 Å². The molecular formula is C21H26N2O. The van der Waals surface area contributed by atoms with E-state index in [9.17, 15) is 4.79 Å². The van der Waals surface area contributed by atoms with E-state index in [4.69, 9.17) is 0 Å². The minimum atomic E-state index is -0.125. The summed E-state index contributed by atoms with van der Waals surface area (Å²) in [6.07, 6.45) is 6.04. The molecular weight excluding hydrogens is 296 g/mol. The molecule has 0 atom stereocenters. The lowest BCUT2D eigenvalue weighted by Gasteiger charge is -2.38. The van der Waals surface area contributed by atoms with Gasteiger partial charge in [0.2, 0.25) is 0 Å². The lowest BCUT2D eigenvalue weighted by Crippen LogP contribution is -2.43. The minimum Gasteiger partial charge on any atom is -0.337 e. The van der Waals surface area contributed by atoms with Gasteiger partial charge in [0.05, 0.1) is 0 Å². The number of hydrogen-bond acceptors (Lipinski definition) is 1. The molecule has 2 amide bonds. The van der Waals surface area contributed by atoms with Gasteiger partial charge in [-0.2, -0.15) is 0 Å². The molecule has 3 heteroatoms. The lowest BCUT2D eigenvalue weighted by molar-refractivity contribution is 0.240. The Morgan fingerprint density at radius 1 is 0.958 bits per heavy atom. The van der Waals surface area contributed by atoms with Crippen LogP contribution in [-0.2, 0) is 5.41 Å². The average Bonchev–Trinajstić information content (AvgIpc) is 2.63. The van der Waals surface area contributed by atoms with Gasteiger partial charge in [-0.15, -0.1) is 0 Å². The van der Waals surface area contributed by atoms with Gasteiger partial charge in [-0.3, -0.25) is 0 Å². The van der Waals surface area contributed by atoms with E-state index < -0.39 is 0 Å². The molecule has 2 aromatic carbocycles. The lowest BCUT2D eigenvalue weighted by atomic mass is 9.69. The van der Waals surface area contributed by atoms with Crippen molar-refractivity contribution < 1.29 is 4.79 Å². The van der Waals surface area contributed by atoms with Crippen LogP contribution >= 0.6 is 0 Å². The first kappa shape index (κ1) is 16.6. The summed E-state index contributed by atoms with van der Waals surface area (Å²) in [5.74, 6) is 0. The van der Waals surface area contributed by atoms with E-state index in [0.717, 1.165) is 18.5 Å². The highest BCUT2D eigenvalue weighted by Crippen LogP contribution is 2.38. The summed E-state index contributed by atoms with van der Waals surface area (Å²) in [7, 11) is 0. The Hall–Kier alpha value is -2.29. The number of rotatable bonds is 4. The Kier molecular flexibility index (Phi) is 5.19. The van der Waals surface area contributed by atoms with Gasteiger partial charge in [0.25, 0.3) is 0 Å². The van der Waals surface area contributed by atoms with Crippen molar-refractivity contribution >= 4 is 11.7 Å². The summed E-state index contributed by atoms with van der Waals surface area (Å²) < 4.78 is 0. The first-order valence-electron chi connectivity index (χ1n) is 8.85. The fourth-order valence-corrected chi connectivity index (χ4v) is 3.65. The van der Waals surface area contributed by atoms with Gasteiger partial charge in [-0.05, 0) is 37.5 Å². The Bertz CT molecular complexity index is 658. The molecule has 1 aliphatic carbocycles. The Morgan fingerprint density at radius 2 is 1.62 bits per heavy atom. The number of urea groups is 1. The van der Waals surface area contributed by atoms with Gasteiger partial charge in [-0.25, -0.2) is 4.79 Å². The summed E-state index contributed by atoms with van der Waals surface area (Å²) in [5.41, 5.74) is 3.44. The van der Waals surface area contributed by atoms with Crippen LogP contribution in [0.15, 0.2) is 54.6 Å².